The number of hydrogen-bond donors (Lipinski definition) is 0. The molecule has 0 spiro atoms. The van der Waals surface area contributed by atoms with Crippen molar-refractivity contribution in [2.75, 3.05) is 45.8 Å². The second-order valence-corrected chi connectivity index (χ2v) is 12.8. The number of amides is 1. The van der Waals surface area contributed by atoms with Crippen LogP contribution in [-0.2, 0) is 4.79 Å². The summed E-state index contributed by atoms with van der Waals surface area (Å²) in [4.78, 5) is 20.4. The fourth-order valence-electron chi connectivity index (χ4n) is 4.88. The molecule has 1 atom stereocenters. The molecule has 29 heavy (non-hydrogen) atoms. The van der Waals surface area contributed by atoms with Crippen molar-refractivity contribution in [2.24, 2.45) is 22.7 Å². The summed E-state index contributed by atoms with van der Waals surface area (Å²) in [6.45, 7) is 27.9. The lowest BCUT2D eigenvalue weighted by molar-refractivity contribution is -0.142. The Bertz CT molecular complexity index is 529. The van der Waals surface area contributed by atoms with E-state index in [9.17, 15) is 4.79 Å². The lowest BCUT2D eigenvalue weighted by atomic mass is 9.79. The number of carbonyl (C=O) groups excluding carboxylic acids is 1. The molecule has 0 bridgehead atoms. The molecule has 0 aromatic carbocycles. The Morgan fingerprint density at radius 2 is 1.48 bits per heavy atom. The SMILES string of the molecule is CC(CCC(C)(C)C(=O)N1CCN(CC(C)(C)C)CC1)CC1CN(C(C)(C)C)C1. The Morgan fingerprint density at radius 1 is 0.931 bits per heavy atom. The largest absolute Gasteiger partial charge is 0.340 e. The molecular weight excluding hydrogens is 358 g/mol. The molecule has 2 heterocycles. The minimum absolute atomic E-state index is 0.239. The number of nitrogens with zero attached hydrogens (tertiary/aromatic N) is 3. The van der Waals surface area contributed by atoms with Crippen molar-refractivity contribution in [3.05, 3.63) is 0 Å². The van der Waals surface area contributed by atoms with Gasteiger partial charge in [-0.1, -0.05) is 41.5 Å². The predicted molar refractivity (Wildman–Crippen MR) is 124 cm³/mol. The predicted octanol–water partition coefficient (Wildman–Crippen LogP) is 4.74. The first kappa shape index (κ1) is 24.7. The maximum Gasteiger partial charge on any atom is 0.228 e. The third-order valence-electron chi connectivity index (χ3n) is 6.84. The van der Waals surface area contributed by atoms with Crippen molar-refractivity contribution < 1.29 is 4.79 Å². The van der Waals surface area contributed by atoms with Crippen LogP contribution in [0.3, 0.4) is 0 Å². The lowest BCUT2D eigenvalue weighted by Crippen LogP contribution is -2.56. The topological polar surface area (TPSA) is 26.8 Å². The quantitative estimate of drug-likeness (QED) is 0.610. The molecule has 0 aromatic rings. The van der Waals surface area contributed by atoms with Crippen LogP contribution >= 0.6 is 0 Å². The third kappa shape index (κ3) is 7.54. The molecule has 1 unspecified atom stereocenters. The highest BCUT2D eigenvalue weighted by Crippen LogP contribution is 2.33. The maximum atomic E-state index is 13.2. The first-order valence-electron chi connectivity index (χ1n) is 11.9. The van der Waals surface area contributed by atoms with Gasteiger partial charge >= 0.3 is 0 Å². The highest BCUT2D eigenvalue weighted by Gasteiger charge is 2.36. The van der Waals surface area contributed by atoms with Gasteiger partial charge in [-0.05, 0) is 57.3 Å². The van der Waals surface area contributed by atoms with Gasteiger partial charge in [-0.25, -0.2) is 0 Å². The van der Waals surface area contributed by atoms with Gasteiger partial charge in [0.05, 0.1) is 0 Å². The van der Waals surface area contributed by atoms with Gasteiger partial charge in [0, 0.05) is 56.8 Å². The van der Waals surface area contributed by atoms with Crippen LogP contribution in [-0.4, -0.2) is 72.0 Å². The molecule has 0 aromatic heterocycles. The zero-order valence-corrected chi connectivity index (χ0v) is 21.0. The highest BCUT2D eigenvalue weighted by molar-refractivity contribution is 5.82. The summed E-state index contributed by atoms with van der Waals surface area (Å²) in [7, 11) is 0. The highest BCUT2D eigenvalue weighted by atomic mass is 16.2. The van der Waals surface area contributed by atoms with Crippen molar-refractivity contribution in [2.45, 2.75) is 87.1 Å². The summed E-state index contributed by atoms with van der Waals surface area (Å²) in [5.41, 5.74) is 0.397. The van der Waals surface area contributed by atoms with Gasteiger partial charge in [0.2, 0.25) is 5.91 Å². The van der Waals surface area contributed by atoms with Gasteiger partial charge in [-0.15, -0.1) is 0 Å². The van der Waals surface area contributed by atoms with Crippen LogP contribution in [0.4, 0.5) is 0 Å². The van der Waals surface area contributed by atoms with Crippen molar-refractivity contribution in [1.82, 2.24) is 14.7 Å². The van der Waals surface area contributed by atoms with Crippen LogP contribution in [0.15, 0.2) is 0 Å². The third-order valence-corrected chi connectivity index (χ3v) is 6.84. The molecule has 2 aliphatic rings. The summed E-state index contributed by atoms with van der Waals surface area (Å²) < 4.78 is 0. The molecule has 2 saturated heterocycles. The monoisotopic (exact) mass is 407 g/mol. The lowest BCUT2D eigenvalue weighted by Gasteiger charge is -2.48. The molecule has 0 aliphatic carbocycles. The average molecular weight is 408 g/mol. The fraction of sp³-hybridized carbons (Fsp3) is 0.960. The minimum atomic E-state index is -0.239. The smallest absolute Gasteiger partial charge is 0.228 e. The van der Waals surface area contributed by atoms with Crippen molar-refractivity contribution in [3.63, 3.8) is 0 Å². The van der Waals surface area contributed by atoms with Gasteiger partial charge in [-0.2, -0.15) is 0 Å². The van der Waals surface area contributed by atoms with Crippen LogP contribution in [0.25, 0.3) is 0 Å². The molecule has 2 fully saturated rings. The minimum Gasteiger partial charge on any atom is -0.340 e. The van der Waals surface area contributed by atoms with E-state index in [2.05, 4.69) is 77.0 Å². The van der Waals surface area contributed by atoms with Crippen LogP contribution in [0.1, 0.15) is 81.6 Å². The van der Waals surface area contributed by atoms with E-state index < -0.39 is 0 Å². The molecular formula is C25H49N3O. The number of piperazine rings is 1. The fourth-order valence-corrected chi connectivity index (χ4v) is 4.88. The Kier molecular flexibility index (Phi) is 7.87. The average Bonchev–Trinajstić information content (AvgIpc) is 2.53. The van der Waals surface area contributed by atoms with E-state index in [1.807, 2.05) is 0 Å². The zero-order chi connectivity index (χ0) is 22.0. The normalized spacial score (nSPS) is 21.9. The molecule has 4 nitrogen and oxygen atoms in total. The van der Waals surface area contributed by atoms with E-state index >= 15 is 0 Å². The Morgan fingerprint density at radius 3 is 1.97 bits per heavy atom. The molecule has 0 radical (unpaired) electrons. The van der Waals surface area contributed by atoms with Gasteiger partial charge in [0.15, 0.2) is 0 Å². The van der Waals surface area contributed by atoms with Crippen LogP contribution < -0.4 is 0 Å². The maximum absolute atomic E-state index is 13.2. The summed E-state index contributed by atoms with van der Waals surface area (Å²) in [6.07, 6.45) is 3.47. The van der Waals surface area contributed by atoms with E-state index in [4.69, 9.17) is 0 Å². The summed E-state index contributed by atoms with van der Waals surface area (Å²) >= 11 is 0. The van der Waals surface area contributed by atoms with Gasteiger partial charge in [0.1, 0.15) is 0 Å². The number of hydrogen-bond acceptors (Lipinski definition) is 3. The Hall–Kier alpha value is -0.610. The molecule has 1 amide bonds. The molecule has 170 valence electrons. The summed E-state index contributed by atoms with van der Waals surface area (Å²) in [6, 6.07) is 0. The molecule has 4 heteroatoms. The summed E-state index contributed by atoms with van der Waals surface area (Å²) in [5, 5.41) is 0. The molecule has 2 aliphatic heterocycles. The first-order chi connectivity index (χ1) is 13.2. The number of carbonyl (C=O) groups is 1. The van der Waals surface area contributed by atoms with Gasteiger partial charge < -0.3 is 4.90 Å². The van der Waals surface area contributed by atoms with Crippen molar-refractivity contribution in [3.8, 4) is 0 Å². The number of likely N-dealkylation sites (tertiary alicyclic amines) is 1. The van der Waals surface area contributed by atoms with Gasteiger partial charge in [-0.3, -0.25) is 14.6 Å². The van der Waals surface area contributed by atoms with E-state index in [1.165, 1.54) is 19.5 Å². The second kappa shape index (κ2) is 9.26. The van der Waals surface area contributed by atoms with Crippen LogP contribution in [0.2, 0.25) is 0 Å². The molecule has 0 saturated carbocycles. The van der Waals surface area contributed by atoms with Crippen LogP contribution in [0.5, 0.6) is 0 Å². The second-order valence-electron chi connectivity index (χ2n) is 12.8. The zero-order valence-electron chi connectivity index (χ0n) is 21.0. The standard InChI is InChI=1S/C25H49N3O/c1-20(16-21-17-28(18-21)24(5,6)7)10-11-25(8,9)22(29)27-14-12-26(13-15-27)19-23(2,3)4/h20-21H,10-19H2,1-9H3. The van der Waals surface area contributed by atoms with Gasteiger partial charge in [0.25, 0.3) is 0 Å². The first-order valence-corrected chi connectivity index (χ1v) is 11.9. The number of rotatable bonds is 7. The van der Waals surface area contributed by atoms with E-state index in [0.29, 0.717) is 22.8 Å². The van der Waals surface area contributed by atoms with Crippen molar-refractivity contribution in [1.29, 1.82) is 0 Å². The van der Waals surface area contributed by atoms with E-state index in [1.54, 1.807) is 0 Å². The van der Waals surface area contributed by atoms with Crippen molar-refractivity contribution >= 4 is 5.91 Å². The Balaban J connectivity index is 1.71. The summed E-state index contributed by atoms with van der Waals surface area (Å²) in [5.74, 6) is 1.92. The molecule has 2 rings (SSSR count). The Labute approximate surface area is 181 Å². The van der Waals surface area contributed by atoms with E-state index in [-0.39, 0.29) is 5.41 Å². The van der Waals surface area contributed by atoms with E-state index in [0.717, 1.165) is 51.5 Å². The molecule has 0 N–H and O–H groups in total. The van der Waals surface area contributed by atoms with Crippen LogP contribution in [0, 0.1) is 22.7 Å².